The Kier molecular flexibility index (Phi) is 6.07. The normalized spacial score (nSPS) is 23.4. The van der Waals surface area contributed by atoms with Crippen LogP contribution in [-0.4, -0.2) is 65.9 Å². The van der Waals surface area contributed by atoms with Crippen molar-refractivity contribution >= 4 is 56.1 Å². The topological polar surface area (TPSA) is 91.8 Å². The third-order valence-corrected chi connectivity index (χ3v) is 8.03. The van der Waals surface area contributed by atoms with Crippen molar-refractivity contribution in [3.63, 3.8) is 0 Å². The van der Waals surface area contributed by atoms with Crippen LogP contribution in [0.3, 0.4) is 0 Å². The summed E-state index contributed by atoms with van der Waals surface area (Å²) in [6.07, 6.45) is 2.11. The molecule has 2 fully saturated rings. The van der Waals surface area contributed by atoms with Gasteiger partial charge in [0.2, 0.25) is 5.91 Å². The van der Waals surface area contributed by atoms with Crippen LogP contribution in [0.15, 0.2) is 22.4 Å². The minimum atomic E-state index is -3.09. The zero-order valence-corrected chi connectivity index (χ0v) is 17.2. The van der Waals surface area contributed by atoms with E-state index >= 15 is 0 Å². The fourth-order valence-corrected chi connectivity index (χ4v) is 6.52. The van der Waals surface area contributed by atoms with E-state index in [9.17, 15) is 22.8 Å². The molecule has 3 heterocycles. The highest BCUT2D eigenvalue weighted by Crippen LogP contribution is 2.33. The van der Waals surface area contributed by atoms with Crippen LogP contribution in [0, 0.1) is 0 Å². The van der Waals surface area contributed by atoms with Crippen molar-refractivity contribution in [2.75, 3.05) is 24.6 Å². The Morgan fingerprint density at radius 3 is 2.78 bits per heavy atom. The largest absolute Gasteiger partial charge is 0.339 e. The highest BCUT2D eigenvalue weighted by Gasteiger charge is 2.37. The number of hydrogen-bond acceptors (Lipinski definition) is 7. The van der Waals surface area contributed by atoms with Crippen LogP contribution in [0.1, 0.15) is 24.6 Å². The SMILES string of the molecule is CCN(C(=O)CCN1C(=O)S/C(=C\c2cccs2)C1=O)[C@H]1CCS(=O)(=O)C1. The summed E-state index contributed by atoms with van der Waals surface area (Å²) in [6, 6.07) is 3.40. The van der Waals surface area contributed by atoms with Crippen LogP contribution < -0.4 is 0 Å². The summed E-state index contributed by atoms with van der Waals surface area (Å²) >= 11 is 2.34. The van der Waals surface area contributed by atoms with Gasteiger partial charge in [0.15, 0.2) is 9.84 Å². The first kappa shape index (κ1) is 20.1. The molecule has 0 spiro atoms. The minimum absolute atomic E-state index is 0.00124. The summed E-state index contributed by atoms with van der Waals surface area (Å²) in [5.41, 5.74) is 0. The second kappa shape index (κ2) is 8.15. The predicted molar refractivity (Wildman–Crippen MR) is 106 cm³/mol. The highest BCUT2D eigenvalue weighted by atomic mass is 32.2. The summed E-state index contributed by atoms with van der Waals surface area (Å²) in [5.74, 6) is -0.547. The smallest absolute Gasteiger partial charge is 0.293 e. The highest BCUT2D eigenvalue weighted by molar-refractivity contribution is 8.18. The zero-order chi connectivity index (χ0) is 19.6. The second-order valence-electron chi connectivity index (χ2n) is 6.34. The van der Waals surface area contributed by atoms with Gasteiger partial charge in [-0.2, -0.15) is 0 Å². The van der Waals surface area contributed by atoms with Crippen LogP contribution in [0.2, 0.25) is 0 Å². The Bertz CT molecular complexity index is 876. The van der Waals surface area contributed by atoms with Gasteiger partial charge in [0, 0.05) is 30.4 Å². The number of rotatable bonds is 6. The third-order valence-electron chi connectivity index (χ3n) is 4.55. The zero-order valence-electron chi connectivity index (χ0n) is 14.8. The quantitative estimate of drug-likeness (QED) is 0.645. The standard InChI is InChI=1S/C17H20N2O5S3/c1-2-18(12-6-9-27(23,24)11-12)15(20)5-7-19-16(21)14(26-17(19)22)10-13-4-3-8-25-13/h3-4,8,10,12H,2,5-7,9,11H2,1H3/b14-10-/t12-/m0/s1. The molecule has 3 rings (SSSR count). The summed E-state index contributed by atoms with van der Waals surface area (Å²) in [6.45, 7) is 2.20. The maximum atomic E-state index is 12.5. The molecule has 1 aromatic rings. The van der Waals surface area contributed by atoms with Crippen LogP contribution in [-0.2, 0) is 19.4 Å². The lowest BCUT2D eigenvalue weighted by molar-refractivity contribution is -0.133. The molecule has 2 saturated heterocycles. The van der Waals surface area contributed by atoms with Gasteiger partial charge in [0.1, 0.15) is 0 Å². The van der Waals surface area contributed by atoms with Gasteiger partial charge in [0.25, 0.3) is 11.1 Å². The third kappa shape index (κ3) is 4.61. The maximum Gasteiger partial charge on any atom is 0.293 e. The van der Waals surface area contributed by atoms with E-state index in [1.807, 2.05) is 17.5 Å². The Morgan fingerprint density at radius 1 is 1.41 bits per heavy atom. The van der Waals surface area contributed by atoms with E-state index in [4.69, 9.17) is 0 Å². The van der Waals surface area contributed by atoms with E-state index < -0.39 is 15.7 Å². The molecule has 10 heteroatoms. The van der Waals surface area contributed by atoms with Gasteiger partial charge < -0.3 is 4.90 Å². The lowest BCUT2D eigenvalue weighted by Gasteiger charge is -2.27. The lowest BCUT2D eigenvalue weighted by Crippen LogP contribution is -2.42. The van der Waals surface area contributed by atoms with Crippen molar-refractivity contribution < 1.29 is 22.8 Å². The monoisotopic (exact) mass is 428 g/mol. The molecular formula is C17H20N2O5S3. The molecule has 0 saturated carbocycles. The van der Waals surface area contributed by atoms with Gasteiger partial charge in [-0.3, -0.25) is 19.3 Å². The van der Waals surface area contributed by atoms with Gasteiger partial charge in [-0.15, -0.1) is 11.3 Å². The Labute approximate surface area is 166 Å². The molecule has 3 amide bonds. The summed E-state index contributed by atoms with van der Waals surface area (Å²) in [4.78, 5) is 41.0. The predicted octanol–water partition coefficient (Wildman–Crippen LogP) is 2.21. The molecule has 2 aliphatic rings. The fourth-order valence-electron chi connectivity index (χ4n) is 3.21. The molecule has 2 aliphatic heterocycles. The van der Waals surface area contributed by atoms with E-state index in [2.05, 4.69) is 0 Å². The summed E-state index contributed by atoms with van der Waals surface area (Å²) in [5, 5.41) is 1.50. The Hall–Kier alpha value is -1.65. The minimum Gasteiger partial charge on any atom is -0.339 e. The molecule has 1 atom stereocenters. The number of hydrogen-bond donors (Lipinski definition) is 0. The number of sulfone groups is 1. The fraction of sp³-hybridized carbons (Fsp3) is 0.471. The lowest BCUT2D eigenvalue weighted by atomic mass is 10.2. The van der Waals surface area contributed by atoms with Gasteiger partial charge in [-0.25, -0.2) is 8.42 Å². The van der Waals surface area contributed by atoms with Crippen molar-refractivity contribution in [2.45, 2.75) is 25.8 Å². The Balaban J connectivity index is 1.61. The first-order valence-corrected chi connectivity index (χ1v) is 12.1. The molecule has 0 aliphatic carbocycles. The summed E-state index contributed by atoms with van der Waals surface area (Å²) in [7, 11) is -3.09. The average Bonchev–Trinajstić information content (AvgIpc) is 3.29. The number of amides is 3. The van der Waals surface area contributed by atoms with Crippen LogP contribution in [0.25, 0.3) is 6.08 Å². The number of nitrogens with zero attached hydrogens (tertiary/aromatic N) is 2. The molecule has 0 unspecified atom stereocenters. The van der Waals surface area contributed by atoms with Gasteiger partial charge >= 0.3 is 0 Å². The van der Waals surface area contributed by atoms with Crippen molar-refractivity contribution in [1.29, 1.82) is 0 Å². The molecule has 0 radical (unpaired) electrons. The van der Waals surface area contributed by atoms with Crippen LogP contribution in [0.5, 0.6) is 0 Å². The first-order chi connectivity index (χ1) is 12.8. The van der Waals surface area contributed by atoms with Crippen molar-refractivity contribution in [3.8, 4) is 0 Å². The average molecular weight is 429 g/mol. The Morgan fingerprint density at radius 2 is 2.19 bits per heavy atom. The molecule has 27 heavy (non-hydrogen) atoms. The van der Waals surface area contributed by atoms with Crippen LogP contribution >= 0.6 is 23.1 Å². The number of imide groups is 1. The van der Waals surface area contributed by atoms with Gasteiger partial charge in [-0.05, 0) is 42.6 Å². The number of carbonyl (C=O) groups excluding carboxylic acids is 3. The molecule has 0 aromatic carbocycles. The number of carbonyl (C=O) groups is 3. The van der Waals surface area contributed by atoms with Crippen molar-refractivity contribution in [3.05, 3.63) is 27.3 Å². The van der Waals surface area contributed by atoms with E-state index in [1.54, 1.807) is 17.9 Å². The molecule has 146 valence electrons. The first-order valence-electron chi connectivity index (χ1n) is 8.59. The molecular weight excluding hydrogens is 408 g/mol. The number of thioether (sulfide) groups is 1. The van der Waals surface area contributed by atoms with Gasteiger partial charge in [-0.1, -0.05) is 6.07 Å². The molecule has 0 N–H and O–H groups in total. The van der Waals surface area contributed by atoms with E-state index in [0.29, 0.717) is 17.9 Å². The number of thiophene rings is 1. The van der Waals surface area contributed by atoms with E-state index in [-0.39, 0.29) is 41.7 Å². The second-order valence-corrected chi connectivity index (χ2v) is 10.5. The van der Waals surface area contributed by atoms with Gasteiger partial charge in [0.05, 0.1) is 16.4 Å². The molecule has 7 nitrogen and oxygen atoms in total. The maximum absolute atomic E-state index is 12.5. The van der Waals surface area contributed by atoms with Crippen molar-refractivity contribution in [2.24, 2.45) is 0 Å². The van der Waals surface area contributed by atoms with E-state index in [1.165, 1.54) is 11.3 Å². The molecule has 1 aromatic heterocycles. The summed E-state index contributed by atoms with van der Waals surface area (Å²) < 4.78 is 23.3. The van der Waals surface area contributed by atoms with E-state index in [0.717, 1.165) is 21.5 Å². The van der Waals surface area contributed by atoms with Crippen LogP contribution in [0.4, 0.5) is 4.79 Å². The van der Waals surface area contributed by atoms with Crippen molar-refractivity contribution in [1.82, 2.24) is 9.80 Å². The molecule has 0 bridgehead atoms.